The molecule has 1 N–H and O–H groups in total. The summed E-state index contributed by atoms with van der Waals surface area (Å²) in [6.45, 7) is 11.4. The van der Waals surface area contributed by atoms with E-state index in [1.54, 1.807) is 14.0 Å². The van der Waals surface area contributed by atoms with E-state index in [9.17, 15) is 4.79 Å². The second kappa shape index (κ2) is 13.7. The predicted octanol–water partition coefficient (Wildman–Crippen LogP) is 0.702. The number of halogens is 1. The molecule has 0 spiro atoms. The number of rotatable bonds is 8. The minimum absolute atomic E-state index is 0. The van der Waals surface area contributed by atoms with E-state index < -0.39 is 0 Å². The zero-order valence-corrected chi connectivity index (χ0v) is 17.9. The fourth-order valence-corrected chi connectivity index (χ4v) is 2.54. The van der Waals surface area contributed by atoms with Crippen molar-refractivity contribution in [2.75, 3.05) is 73.1 Å². The van der Waals surface area contributed by atoms with Gasteiger partial charge >= 0.3 is 0 Å². The molecule has 1 amide bonds. The van der Waals surface area contributed by atoms with E-state index in [0.29, 0.717) is 0 Å². The van der Waals surface area contributed by atoms with Crippen LogP contribution in [0.25, 0.3) is 0 Å². The molecule has 1 aliphatic heterocycles. The highest BCUT2D eigenvalue weighted by molar-refractivity contribution is 14.0. The second-order valence-corrected chi connectivity index (χ2v) is 5.88. The quantitative estimate of drug-likeness (QED) is 0.253. The van der Waals surface area contributed by atoms with Crippen molar-refractivity contribution in [3.05, 3.63) is 0 Å². The third-order valence-corrected chi connectivity index (χ3v) is 4.00. The predicted molar refractivity (Wildman–Crippen MR) is 109 cm³/mol. The highest BCUT2D eigenvalue weighted by Gasteiger charge is 2.20. The van der Waals surface area contributed by atoms with Crippen LogP contribution in [0.5, 0.6) is 0 Å². The van der Waals surface area contributed by atoms with Gasteiger partial charge in [-0.2, -0.15) is 0 Å². The number of guanidine groups is 1. The topological polar surface area (TPSA) is 60.4 Å². The van der Waals surface area contributed by atoms with E-state index in [1.165, 1.54) is 0 Å². The summed E-state index contributed by atoms with van der Waals surface area (Å²) in [4.78, 5) is 22.5. The number of nitrogens with one attached hydrogen (secondary N) is 1. The summed E-state index contributed by atoms with van der Waals surface area (Å²) >= 11 is 0. The molecular formula is C16H34IN5O2. The molecule has 142 valence electrons. The Kier molecular flexibility index (Phi) is 13.3. The average molecular weight is 455 g/mol. The largest absolute Gasteiger partial charge is 0.383 e. The van der Waals surface area contributed by atoms with Crippen molar-refractivity contribution in [3.63, 3.8) is 0 Å². The Morgan fingerprint density at radius 1 is 1.21 bits per heavy atom. The van der Waals surface area contributed by atoms with Gasteiger partial charge in [-0.05, 0) is 26.9 Å². The van der Waals surface area contributed by atoms with Gasteiger partial charge in [0.2, 0.25) is 5.91 Å². The number of carbonyl (C=O) groups excluding carboxylic acids is 1. The van der Waals surface area contributed by atoms with Gasteiger partial charge < -0.3 is 24.8 Å². The summed E-state index contributed by atoms with van der Waals surface area (Å²) < 4.78 is 5.08. The summed E-state index contributed by atoms with van der Waals surface area (Å²) in [5.41, 5.74) is 0. The molecule has 0 aromatic heterocycles. The maximum absolute atomic E-state index is 11.4. The van der Waals surface area contributed by atoms with Crippen LogP contribution in [0.1, 0.15) is 20.3 Å². The van der Waals surface area contributed by atoms with E-state index in [0.717, 1.165) is 71.3 Å². The molecule has 1 saturated heterocycles. The van der Waals surface area contributed by atoms with Crippen LogP contribution in [0.2, 0.25) is 0 Å². The van der Waals surface area contributed by atoms with Crippen LogP contribution >= 0.6 is 24.0 Å². The molecule has 0 unspecified atom stereocenters. The van der Waals surface area contributed by atoms with E-state index in [-0.39, 0.29) is 29.9 Å². The van der Waals surface area contributed by atoms with Crippen molar-refractivity contribution in [1.82, 2.24) is 20.0 Å². The molecule has 0 aromatic rings. The lowest BCUT2D eigenvalue weighted by Gasteiger charge is -2.36. The molecule has 24 heavy (non-hydrogen) atoms. The van der Waals surface area contributed by atoms with Crippen LogP contribution in [0.4, 0.5) is 0 Å². The van der Waals surface area contributed by atoms with Crippen LogP contribution in [-0.2, 0) is 9.53 Å². The first-order chi connectivity index (χ1) is 11.1. The van der Waals surface area contributed by atoms with Crippen molar-refractivity contribution in [2.24, 2.45) is 4.99 Å². The number of nitrogens with zero attached hydrogens (tertiary/aromatic N) is 4. The Morgan fingerprint density at radius 2 is 1.83 bits per heavy atom. The van der Waals surface area contributed by atoms with Crippen LogP contribution < -0.4 is 5.32 Å². The van der Waals surface area contributed by atoms with Crippen LogP contribution in [0, 0.1) is 0 Å². The van der Waals surface area contributed by atoms with Gasteiger partial charge in [0.15, 0.2) is 5.96 Å². The fourth-order valence-electron chi connectivity index (χ4n) is 2.54. The fraction of sp³-hybridized carbons (Fsp3) is 0.875. The van der Waals surface area contributed by atoms with Crippen LogP contribution in [-0.4, -0.2) is 99.7 Å². The Labute approximate surface area is 163 Å². The number of ether oxygens (including phenoxy) is 1. The Morgan fingerprint density at radius 3 is 2.38 bits per heavy atom. The van der Waals surface area contributed by atoms with E-state index in [1.807, 2.05) is 4.90 Å². The van der Waals surface area contributed by atoms with Gasteiger partial charge in [-0.25, -0.2) is 0 Å². The molecule has 0 radical (unpaired) electrons. The molecule has 1 rings (SSSR count). The van der Waals surface area contributed by atoms with Crippen molar-refractivity contribution in [3.8, 4) is 0 Å². The highest BCUT2D eigenvalue weighted by atomic mass is 127. The molecule has 7 nitrogen and oxygen atoms in total. The standard InChI is InChI=1S/C16H33N5O2.HI/c1-5-17-16(18-7-6-8-19(3)13-14-23-4)21-11-9-20(10-12-21)15(2)22;/h5-14H2,1-4H3,(H,17,18);1H. The molecule has 1 heterocycles. The first-order valence-electron chi connectivity index (χ1n) is 8.54. The molecular weight excluding hydrogens is 421 g/mol. The van der Waals surface area contributed by atoms with Crippen molar-refractivity contribution < 1.29 is 9.53 Å². The van der Waals surface area contributed by atoms with Gasteiger partial charge in [-0.3, -0.25) is 9.79 Å². The van der Waals surface area contributed by atoms with Gasteiger partial charge in [-0.1, -0.05) is 0 Å². The van der Waals surface area contributed by atoms with E-state index in [2.05, 4.69) is 29.1 Å². The number of amides is 1. The number of hydrogen-bond acceptors (Lipinski definition) is 4. The summed E-state index contributed by atoms with van der Waals surface area (Å²) in [5, 5.41) is 3.36. The lowest BCUT2D eigenvalue weighted by atomic mass is 10.3. The second-order valence-electron chi connectivity index (χ2n) is 5.88. The van der Waals surface area contributed by atoms with E-state index >= 15 is 0 Å². The van der Waals surface area contributed by atoms with Crippen molar-refractivity contribution >= 4 is 35.8 Å². The van der Waals surface area contributed by atoms with E-state index in [4.69, 9.17) is 9.73 Å². The number of carbonyl (C=O) groups is 1. The van der Waals surface area contributed by atoms with Gasteiger partial charge in [0.05, 0.1) is 6.61 Å². The Bertz CT molecular complexity index is 373. The van der Waals surface area contributed by atoms with Crippen molar-refractivity contribution in [2.45, 2.75) is 20.3 Å². The number of likely N-dealkylation sites (N-methyl/N-ethyl adjacent to an activating group) is 1. The lowest BCUT2D eigenvalue weighted by molar-refractivity contribution is -0.130. The minimum atomic E-state index is 0. The molecule has 0 atom stereocenters. The lowest BCUT2D eigenvalue weighted by Crippen LogP contribution is -2.53. The third kappa shape index (κ3) is 9.03. The Hall–Kier alpha value is -0.610. The average Bonchev–Trinajstić information content (AvgIpc) is 2.55. The molecule has 0 aliphatic carbocycles. The molecule has 0 bridgehead atoms. The first-order valence-corrected chi connectivity index (χ1v) is 8.54. The molecule has 8 heteroatoms. The zero-order valence-electron chi connectivity index (χ0n) is 15.6. The number of piperazine rings is 1. The summed E-state index contributed by atoms with van der Waals surface area (Å²) in [7, 11) is 3.83. The Balaban J connectivity index is 0.00000529. The van der Waals surface area contributed by atoms with Gasteiger partial charge in [0.25, 0.3) is 0 Å². The summed E-state index contributed by atoms with van der Waals surface area (Å²) in [5.74, 6) is 1.13. The first kappa shape index (κ1) is 23.4. The summed E-state index contributed by atoms with van der Waals surface area (Å²) in [6, 6.07) is 0. The third-order valence-electron chi connectivity index (χ3n) is 4.00. The molecule has 0 saturated carbocycles. The minimum Gasteiger partial charge on any atom is -0.383 e. The SMILES string of the molecule is CCNC(=NCCCN(C)CCOC)N1CCN(C(C)=O)CC1.I. The van der Waals surface area contributed by atoms with Gasteiger partial charge in [-0.15, -0.1) is 24.0 Å². The molecule has 0 aromatic carbocycles. The maximum atomic E-state index is 11.4. The van der Waals surface area contributed by atoms with Gasteiger partial charge in [0, 0.05) is 59.8 Å². The monoisotopic (exact) mass is 455 g/mol. The van der Waals surface area contributed by atoms with Gasteiger partial charge in [0.1, 0.15) is 0 Å². The zero-order chi connectivity index (χ0) is 17.1. The number of methoxy groups -OCH3 is 1. The smallest absolute Gasteiger partial charge is 0.219 e. The van der Waals surface area contributed by atoms with Crippen LogP contribution in [0.15, 0.2) is 4.99 Å². The highest BCUT2D eigenvalue weighted by Crippen LogP contribution is 2.03. The normalized spacial score (nSPS) is 15.5. The molecule has 1 aliphatic rings. The van der Waals surface area contributed by atoms with Crippen molar-refractivity contribution in [1.29, 1.82) is 0 Å². The maximum Gasteiger partial charge on any atom is 0.219 e. The molecule has 1 fully saturated rings. The van der Waals surface area contributed by atoms with Crippen LogP contribution in [0.3, 0.4) is 0 Å². The number of aliphatic imine (C=N–C) groups is 1. The summed E-state index contributed by atoms with van der Waals surface area (Å²) in [6.07, 6.45) is 1.03. The number of hydrogen-bond donors (Lipinski definition) is 1.